The van der Waals surface area contributed by atoms with E-state index in [0.29, 0.717) is 11.4 Å². The number of carboxylic acids is 1. The molecule has 1 saturated heterocycles. The zero-order valence-electron chi connectivity index (χ0n) is 14.9. The van der Waals surface area contributed by atoms with Crippen LogP contribution in [0.15, 0.2) is 41.4 Å². The second-order valence-corrected chi connectivity index (χ2v) is 6.07. The number of anilines is 1. The molecule has 136 valence electrons. The van der Waals surface area contributed by atoms with Crippen LogP contribution in [-0.4, -0.2) is 44.6 Å². The Kier molecular flexibility index (Phi) is 5.41. The summed E-state index contributed by atoms with van der Waals surface area (Å²) in [5.74, 6) is 0.496. The Bertz CT molecular complexity index is 827. The van der Waals surface area contributed by atoms with Crippen molar-refractivity contribution >= 4 is 23.6 Å². The molecule has 3 rings (SSSR count). The fraction of sp³-hybridized carbons (Fsp3) is 0.300. The Balaban J connectivity index is 1.94. The number of carbonyl (C=O) groups is 1. The topological polar surface area (TPSA) is 71.4 Å². The highest BCUT2D eigenvalue weighted by Gasteiger charge is 2.19. The SMILES string of the molecule is COc1cc(N2CCCC2)c(OC)cc1C=Nc1cccc(C(=O)O)c1. The summed E-state index contributed by atoms with van der Waals surface area (Å²) in [6.07, 6.45) is 4.01. The molecule has 1 heterocycles. The van der Waals surface area contributed by atoms with Gasteiger partial charge in [-0.25, -0.2) is 4.79 Å². The Morgan fingerprint density at radius 1 is 1.12 bits per heavy atom. The molecule has 0 aliphatic carbocycles. The molecule has 1 fully saturated rings. The molecule has 0 aromatic heterocycles. The molecule has 0 bridgehead atoms. The van der Waals surface area contributed by atoms with Crippen LogP contribution in [0, 0.1) is 0 Å². The lowest BCUT2D eigenvalue weighted by Crippen LogP contribution is -2.18. The maximum absolute atomic E-state index is 11.1. The largest absolute Gasteiger partial charge is 0.496 e. The van der Waals surface area contributed by atoms with Crippen LogP contribution < -0.4 is 14.4 Å². The van der Waals surface area contributed by atoms with E-state index in [1.807, 2.05) is 12.1 Å². The Morgan fingerprint density at radius 3 is 2.50 bits per heavy atom. The van der Waals surface area contributed by atoms with Gasteiger partial charge in [0.05, 0.1) is 31.2 Å². The fourth-order valence-corrected chi connectivity index (χ4v) is 3.07. The Hall–Kier alpha value is -3.02. The van der Waals surface area contributed by atoms with Gasteiger partial charge in [-0.1, -0.05) is 6.07 Å². The van der Waals surface area contributed by atoms with Crippen molar-refractivity contribution in [3.8, 4) is 11.5 Å². The molecule has 2 aromatic rings. The van der Waals surface area contributed by atoms with Crippen molar-refractivity contribution in [3.05, 3.63) is 47.5 Å². The zero-order chi connectivity index (χ0) is 18.5. The van der Waals surface area contributed by atoms with Crippen molar-refractivity contribution in [2.75, 3.05) is 32.2 Å². The summed E-state index contributed by atoms with van der Waals surface area (Å²) >= 11 is 0. The van der Waals surface area contributed by atoms with Crippen LogP contribution >= 0.6 is 0 Å². The van der Waals surface area contributed by atoms with Crippen LogP contribution in [0.25, 0.3) is 0 Å². The summed E-state index contributed by atoms with van der Waals surface area (Å²) in [4.78, 5) is 17.8. The highest BCUT2D eigenvalue weighted by Crippen LogP contribution is 2.36. The minimum Gasteiger partial charge on any atom is -0.496 e. The fourth-order valence-electron chi connectivity index (χ4n) is 3.07. The van der Waals surface area contributed by atoms with Crippen molar-refractivity contribution in [2.45, 2.75) is 12.8 Å². The van der Waals surface area contributed by atoms with Gasteiger partial charge in [0.1, 0.15) is 11.5 Å². The van der Waals surface area contributed by atoms with Crippen LogP contribution in [0.3, 0.4) is 0 Å². The molecular formula is C20H22N2O4. The minimum absolute atomic E-state index is 0.202. The number of methoxy groups -OCH3 is 2. The summed E-state index contributed by atoms with van der Waals surface area (Å²) in [7, 11) is 3.27. The number of aliphatic imine (C=N–C) groups is 1. The molecule has 6 nitrogen and oxygen atoms in total. The third-order valence-electron chi connectivity index (χ3n) is 4.42. The lowest BCUT2D eigenvalue weighted by atomic mass is 10.1. The molecule has 0 spiro atoms. The van der Waals surface area contributed by atoms with E-state index in [1.165, 1.54) is 25.0 Å². The molecular weight excluding hydrogens is 332 g/mol. The monoisotopic (exact) mass is 354 g/mol. The van der Waals surface area contributed by atoms with Gasteiger partial charge >= 0.3 is 5.97 Å². The summed E-state index contributed by atoms with van der Waals surface area (Å²) in [6.45, 7) is 2.02. The number of ether oxygens (including phenoxy) is 2. The average Bonchev–Trinajstić information content (AvgIpc) is 3.20. The van der Waals surface area contributed by atoms with E-state index in [0.717, 1.165) is 30.1 Å². The highest BCUT2D eigenvalue weighted by atomic mass is 16.5. The molecule has 0 atom stereocenters. The van der Waals surface area contributed by atoms with Crippen LogP contribution in [0.5, 0.6) is 11.5 Å². The first-order valence-corrected chi connectivity index (χ1v) is 8.51. The molecule has 26 heavy (non-hydrogen) atoms. The predicted molar refractivity (Wildman–Crippen MR) is 102 cm³/mol. The van der Waals surface area contributed by atoms with Crippen LogP contribution in [0.2, 0.25) is 0 Å². The normalized spacial score (nSPS) is 14.0. The molecule has 1 aliphatic heterocycles. The quantitative estimate of drug-likeness (QED) is 0.800. The Labute approximate surface area is 152 Å². The van der Waals surface area contributed by atoms with Gasteiger partial charge in [-0.3, -0.25) is 4.99 Å². The van der Waals surface area contributed by atoms with E-state index in [4.69, 9.17) is 14.6 Å². The first-order chi connectivity index (χ1) is 12.6. The van der Waals surface area contributed by atoms with Gasteiger partial charge in [0.2, 0.25) is 0 Å². The van der Waals surface area contributed by atoms with Gasteiger partial charge in [-0.05, 0) is 37.1 Å². The smallest absolute Gasteiger partial charge is 0.335 e. The first kappa shape index (κ1) is 17.8. The number of benzene rings is 2. The minimum atomic E-state index is -0.976. The summed E-state index contributed by atoms with van der Waals surface area (Å²) in [5.41, 5.74) is 2.56. The van der Waals surface area contributed by atoms with Crippen molar-refractivity contribution in [2.24, 2.45) is 4.99 Å². The van der Waals surface area contributed by atoms with E-state index >= 15 is 0 Å². The van der Waals surface area contributed by atoms with Crippen molar-refractivity contribution in [3.63, 3.8) is 0 Å². The van der Waals surface area contributed by atoms with E-state index in [9.17, 15) is 4.79 Å². The van der Waals surface area contributed by atoms with Crippen LogP contribution in [-0.2, 0) is 0 Å². The second kappa shape index (κ2) is 7.91. The molecule has 0 unspecified atom stereocenters. The third kappa shape index (κ3) is 3.79. The van der Waals surface area contributed by atoms with Crippen molar-refractivity contribution < 1.29 is 19.4 Å². The van der Waals surface area contributed by atoms with Crippen LogP contribution in [0.4, 0.5) is 11.4 Å². The maximum Gasteiger partial charge on any atom is 0.335 e. The van der Waals surface area contributed by atoms with E-state index in [-0.39, 0.29) is 5.56 Å². The lowest BCUT2D eigenvalue weighted by Gasteiger charge is -2.22. The van der Waals surface area contributed by atoms with E-state index in [2.05, 4.69) is 9.89 Å². The second-order valence-electron chi connectivity index (χ2n) is 6.07. The van der Waals surface area contributed by atoms with Gasteiger partial charge in [-0.15, -0.1) is 0 Å². The maximum atomic E-state index is 11.1. The molecule has 1 N–H and O–H groups in total. The number of hydrogen-bond donors (Lipinski definition) is 1. The van der Waals surface area contributed by atoms with Crippen LogP contribution in [0.1, 0.15) is 28.8 Å². The predicted octanol–water partition coefficient (Wildman–Crippen LogP) is 3.75. The molecule has 1 aliphatic rings. The van der Waals surface area contributed by atoms with Gasteiger partial charge in [0, 0.05) is 30.9 Å². The summed E-state index contributed by atoms with van der Waals surface area (Å²) < 4.78 is 11.1. The highest BCUT2D eigenvalue weighted by molar-refractivity contribution is 5.90. The number of rotatable bonds is 6. The lowest BCUT2D eigenvalue weighted by molar-refractivity contribution is 0.0697. The van der Waals surface area contributed by atoms with Gasteiger partial charge in [0.15, 0.2) is 0 Å². The standard InChI is InChI=1S/C20H22N2O4/c1-25-18-12-17(22-8-3-4-9-22)19(26-2)11-15(18)13-21-16-7-5-6-14(10-16)20(23)24/h5-7,10-13H,3-4,8-9H2,1-2H3,(H,23,24). The number of aromatic carboxylic acids is 1. The molecule has 0 amide bonds. The Morgan fingerprint density at radius 2 is 1.85 bits per heavy atom. The molecule has 2 aromatic carbocycles. The summed E-state index contributed by atoms with van der Waals surface area (Å²) in [5, 5.41) is 9.09. The van der Waals surface area contributed by atoms with E-state index in [1.54, 1.807) is 32.6 Å². The third-order valence-corrected chi connectivity index (χ3v) is 4.42. The number of carboxylic acid groups (broad SMARTS) is 1. The molecule has 0 saturated carbocycles. The molecule has 6 heteroatoms. The van der Waals surface area contributed by atoms with Gasteiger partial charge in [0.25, 0.3) is 0 Å². The van der Waals surface area contributed by atoms with E-state index < -0.39 is 5.97 Å². The van der Waals surface area contributed by atoms with Crippen molar-refractivity contribution in [1.82, 2.24) is 0 Å². The zero-order valence-corrected chi connectivity index (χ0v) is 14.9. The van der Waals surface area contributed by atoms with Gasteiger partial charge < -0.3 is 19.5 Å². The molecule has 0 radical (unpaired) electrons. The number of hydrogen-bond acceptors (Lipinski definition) is 5. The summed E-state index contributed by atoms with van der Waals surface area (Å²) in [6, 6.07) is 10.4. The van der Waals surface area contributed by atoms with Gasteiger partial charge in [-0.2, -0.15) is 0 Å². The van der Waals surface area contributed by atoms with Crippen molar-refractivity contribution in [1.29, 1.82) is 0 Å². The number of nitrogens with zero attached hydrogens (tertiary/aromatic N) is 2. The first-order valence-electron chi connectivity index (χ1n) is 8.51. The average molecular weight is 354 g/mol.